The van der Waals surface area contributed by atoms with Gasteiger partial charge in [0.25, 0.3) is 0 Å². The second-order valence-corrected chi connectivity index (χ2v) is 7.62. The normalized spacial score (nSPS) is 11.6. The Hall–Kier alpha value is -2.66. The van der Waals surface area contributed by atoms with Crippen molar-refractivity contribution in [1.29, 1.82) is 0 Å². The van der Waals surface area contributed by atoms with Gasteiger partial charge in [0, 0.05) is 12.0 Å². The molecule has 4 heteroatoms. The maximum absolute atomic E-state index is 10.1. The zero-order valence-electron chi connectivity index (χ0n) is 16.2. The first-order valence-corrected chi connectivity index (χ1v) is 9.30. The second-order valence-electron chi connectivity index (χ2n) is 7.62. The molecule has 0 atom stereocenters. The summed E-state index contributed by atoms with van der Waals surface area (Å²) in [6.07, 6.45) is -0.867. The quantitative estimate of drug-likeness (QED) is 0.538. The van der Waals surface area contributed by atoms with E-state index in [1.165, 1.54) is 0 Å². The first-order chi connectivity index (χ1) is 13.3. The fraction of sp³-hybridized carbons (Fsp3) is 0.250. The summed E-state index contributed by atoms with van der Waals surface area (Å²) >= 11 is 0. The highest BCUT2D eigenvalue weighted by Gasteiger charge is 2.13. The Bertz CT molecular complexity index is 908. The summed E-state index contributed by atoms with van der Waals surface area (Å²) < 4.78 is 5.90. The third-order valence-corrected chi connectivity index (χ3v) is 4.41. The average Bonchev–Trinajstić information content (AvgIpc) is 2.66. The number of benzene rings is 3. The van der Waals surface area contributed by atoms with Crippen molar-refractivity contribution in [3.05, 3.63) is 89.5 Å². The standard InChI is InChI=1S/C24H26O4/c1-24(2,27)15-18-5-3-6-20(13-18)21-7-4-8-22(14-21)28-16-17-9-11-19(12-10-17)23(25)26/h3-14,23,25-27H,15-16H2,1-2H3. The number of aliphatic hydroxyl groups is 3. The molecule has 0 heterocycles. The predicted octanol–water partition coefficient (Wildman–Crippen LogP) is 4.23. The molecule has 3 N–H and O–H groups in total. The van der Waals surface area contributed by atoms with Crippen molar-refractivity contribution in [2.45, 2.75) is 38.8 Å². The molecule has 0 amide bonds. The summed E-state index contributed by atoms with van der Waals surface area (Å²) in [5.41, 5.74) is 3.87. The van der Waals surface area contributed by atoms with Crippen molar-refractivity contribution >= 4 is 0 Å². The third-order valence-electron chi connectivity index (χ3n) is 4.41. The summed E-state index contributed by atoms with van der Waals surface area (Å²) in [4.78, 5) is 0. The summed E-state index contributed by atoms with van der Waals surface area (Å²) in [7, 11) is 0. The minimum absolute atomic E-state index is 0.393. The largest absolute Gasteiger partial charge is 0.489 e. The van der Waals surface area contributed by atoms with Crippen LogP contribution in [0.25, 0.3) is 11.1 Å². The molecular weight excluding hydrogens is 352 g/mol. The number of ether oxygens (including phenoxy) is 1. The molecule has 0 saturated heterocycles. The van der Waals surface area contributed by atoms with Crippen LogP contribution in [0.15, 0.2) is 72.8 Å². The Balaban J connectivity index is 1.71. The van der Waals surface area contributed by atoms with E-state index in [-0.39, 0.29) is 0 Å². The van der Waals surface area contributed by atoms with Gasteiger partial charge in [-0.1, -0.05) is 60.7 Å². The fourth-order valence-corrected chi connectivity index (χ4v) is 3.08. The monoisotopic (exact) mass is 378 g/mol. The van der Waals surface area contributed by atoms with Crippen molar-refractivity contribution in [2.24, 2.45) is 0 Å². The van der Waals surface area contributed by atoms with Crippen molar-refractivity contribution in [3.8, 4) is 16.9 Å². The van der Waals surface area contributed by atoms with E-state index in [0.29, 0.717) is 18.6 Å². The van der Waals surface area contributed by atoms with Crippen molar-refractivity contribution in [2.75, 3.05) is 0 Å². The van der Waals surface area contributed by atoms with Crippen LogP contribution in [0, 0.1) is 0 Å². The molecule has 4 nitrogen and oxygen atoms in total. The highest BCUT2D eigenvalue weighted by atomic mass is 16.5. The molecule has 0 spiro atoms. The molecular formula is C24H26O4. The van der Waals surface area contributed by atoms with Gasteiger partial charge in [0.1, 0.15) is 12.4 Å². The summed E-state index contributed by atoms with van der Waals surface area (Å²) in [5.74, 6) is 0.761. The van der Waals surface area contributed by atoms with E-state index >= 15 is 0 Å². The number of aliphatic hydroxyl groups excluding tert-OH is 1. The van der Waals surface area contributed by atoms with Crippen LogP contribution in [0.1, 0.15) is 36.8 Å². The first kappa shape index (κ1) is 20.1. The lowest BCUT2D eigenvalue weighted by atomic mass is 9.95. The molecule has 28 heavy (non-hydrogen) atoms. The Morgan fingerprint density at radius 1 is 0.821 bits per heavy atom. The van der Waals surface area contributed by atoms with Crippen LogP contribution in [-0.4, -0.2) is 20.9 Å². The summed E-state index contributed by atoms with van der Waals surface area (Å²) in [6.45, 7) is 4.01. The van der Waals surface area contributed by atoms with Gasteiger partial charge < -0.3 is 20.1 Å². The molecule has 3 rings (SSSR count). The molecule has 0 aliphatic heterocycles. The minimum atomic E-state index is -1.46. The second kappa shape index (κ2) is 8.57. The van der Waals surface area contributed by atoms with Crippen LogP contribution in [0.2, 0.25) is 0 Å². The number of rotatable bonds is 7. The highest BCUT2D eigenvalue weighted by molar-refractivity contribution is 5.65. The van der Waals surface area contributed by atoms with Crippen LogP contribution >= 0.6 is 0 Å². The van der Waals surface area contributed by atoms with E-state index < -0.39 is 11.9 Å². The van der Waals surface area contributed by atoms with Crippen molar-refractivity contribution < 1.29 is 20.1 Å². The molecule has 146 valence electrons. The SMILES string of the molecule is CC(C)(O)Cc1cccc(-c2cccc(OCc3ccc(C(O)O)cc3)c2)c1. The van der Waals surface area contributed by atoms with E-state index in [4.69, 9.17) is 14.9 Å². The van der Waals surface area contributed by atoms with E-state index in [9.17, 15) is 5.11 Å². The van der Waals surface area contributed by atoms with Gasteiger partial charge >= 0.3 is 0 Å². The molecule has 0 radical (unpaired) electrons. The molecule has 0 aliphatic rings. The smallest absolute Gasteiger partial charge is 0.178 e. The van der Waals surface area contributed by atoms with Gasteiger partial charge in [0.2, 0.25) is 0 Å². The van der Waals surface area contributed by atoms with Crippen molar-refractivity contribution in [1.82, 2.24) is 0 Å². The third kappa shape index (κ3) is 5.67. The van der Waals surface area contributed by atoms with Crippen LogP contribution in [-0.2, 0) is 13.0 Å². The van der Waals surface area contributed by atoms with Gasteiger partial charge in [-0.15, -0.1) is 0 Å². The van der Waals surface area contributed by atoms with E-state index in [0.717, 1.165) is 28.0 Å². The van der Waals surface area contributed by atoms with E-state index in [1.807, 2.05) is 68.4 Å². The minimum Gasteiger partial charge on any atom is -0.489 e. The Kier molecular flexibility index (Phi) is 6.15. The van der Waals surface area contributed by atoms with E-state index in [2.05, 4.69) is 6.07 Å². The lowest BCUT2D eigenvalue weighted by Crippen LogP contribution is -2.21. The van der Waals surface area contributed by atoms with Gasteiger partial charge in [0.05, 0.1) is 5.60 Å². The molecule has 0 aliphatic carbocycles. The lowest BCUT2D eigenvalue weighted by Gasteiger charge is -2.17. The van der Waals surface area contributed by atoms with Gasteiger partial charge in [-0.25, -0.2) is 0 Å². The first-order valence-electron chi connectivity index (χ1n) is 9.30. The zero-order valence-corrected chi connectivity index (χ0v) is 16.2. The maximum Gasteiger partial charge on any atom is 0.178 e. The van der Waals surface area contributed by atoms with Gasteiger partial charge in [-0.2, -0.15) is 0 Å². The Morgan fingerprint density at radius 2 is 1.46 bits per heavy atom. The molecule has 0 unspecified atom stereocenters. The molecule has 3 aromatic rings. The summed E-state index contributed by atoms with van der Waals surface area (Å²) in [6, 6.07) is 23.0. The zero-order chi connectivity index (χ0) is 20.1. The van der Waals surface area contributed by atoms with Crippen LogP contribution in [0.4, 0.5) is 0 Å². The maximum atomic E-state index is 10.1. The van der Waals surface area contributed by atoms with Gasteiger partial charge in [-0.05, 0) is 48.2 Å². The van der Waals surface area contributed by atoms with Gasteiger partial charge in [-0.3, -0.25) is 0 Å². The fourth-order valence-electron chi connectivity index (χ4n) is 3.08. The van der Waals surface area contributed by atoms with Crippen LogP contribution in [0.3, 0.4) is 0 Å². The molecule has 0 fully saturated rings. The lowest BCUT2D eigenvalue weighted by molar-refractivity contribution is -0.0425. The summed E-state index contributed by atoms with van der Waals surface area (Å²) in [5, 5.41) is 28.4. The van der Waals surface area contributed by atoms with Crippen LogP contribution in [0.5, 0.6) is 5.75 Å². The Labute approximate surface area is 165 Å². The topological polar surface area (TPSA) is 69.9 Å². The molecule has 3 aromatic carbocycles. The average molecular weight is 378 g/mol. The number of hydrogen-bond acceptors (Lipinski definition) is 4. The molecule has 0 aromatic heterocycles. The van der Waals surface area contributed by atoms with Gasteiger partial charge in [0.15, 0.2) is 6.29 Å². The van der Waals surface area contributed by atoms with Crippen molar-refractivity contribution in [3.63, 3.8) is 0 Å². The number of hydrogen-bond donors (Lipinski definition) is 3. The highest BCUT2D eigenvalue weighted by Crippen LogP contribution is 2.26. The van der Waals surface area contributed by atoms with Crippen LogP contribution < -0.4 is 4.74 Å². The molecule has 0 bridgehead atoms. The molecule has 0 saturated carbocycles. The predicted molar refractivity (Wildman–Crippen MR) is 110 cm³/mol. The Morgan fingerprint density at radius 3 is 2.11 bits per heavy atom. The van der Waals surface area contributed by atoms with E-state index in [1.54, 1.807) is 12.1 Å².